The first-order valence-electron chi connectivity index (χ1n) is 13.4. The summed E-state index contributed by atoms with van der Waals surface area (Å²) in [6.07, 6.45) is 3.22. The van der Waals surface area contributed by atoms with Crippen molar-refractivity contribution >= 4 is 34.2 Å². The lowest BCUT2D eigenvalue weighted by Gasteiger charge is -2.36. The third-order valence-electron chi connectivity index (χ3n) is 7.02. The molecule has 10 heteroatoms. The zero-order valence-electron chi connectivity index (χ0n) is 23.1. The second-order valence-electron chi connectivity index (χ2n) is 12.2. The van der Waals surface area contributed by atoms with Crippen LogP contribution in [-0.4, -0.2) is 70.8 Å². The van der Waals surface area contributed by atoms with E-state index in [1.54, 1.807) is 12.3 Å². The number of hydrogen-bond donors (Lipinski definition) is 1. The number of amides is 2. The topological polar surface area (TPSA) is 114 Å². The van der Waals surface area contributed by atoms with Crippen molar-refractivity contribution in [2.75, 3.05) is 37.6 Å². The molecule has 1 aromatic carbocycles. The van der Waals surface area contributed by atoms with Crippen molar-refractivity contribution in [1.82, 2.24) is 20.0 Å². The Morgan fingerprint density at radius 3 is 2.45 bits per heavy atom. The normalized spacial score (nSPS) is 19.5. The zero-order chi connectivity index (χ0) is 27.7. The van der Waals surface area contributed by atoms with E-state index in [2.05, 4.69) is 41.0 Å². The lowest BCUT2D eigenvalue weighted by molar-refractivity contribution is -0.159. The molecule has 0 bridgehead atoms. The number of carbonyl (C=O) groups excluding carboxylic acids is 3. The summed E-state index contributed by atoms with van der Waals surface area (Å²) >= 11 is 0. The monoisotopic (exact) mass is 525 g/mol. The third-order valence-corrected chi connectivity index (χ3v) is 7.02. The molecule has 10 nitrogen and oxygen atoms in total. The first-order valence-corrected chi connectivity index (χ1v) is 13.4. The van der Waals surface area contributed by atoms with Crippen LogP contribution in [0.3, 0.4) is 0 Å². The molecule has 2 saturated heterocycles. The molecule has 2 aliphatic rings. The Morgan fingerprint density at radius 2 is 1.79 bits per heavy atom. The van der Waals surface area contributed by atoms with Crippen LogP contribution in [0, 0.1) is 5.41 Å². The Labute approximate surface area is 223 Å². The number of anilines is 1. The smallest absolute Gasteiger partial charge is 0.307 e. The fourth-order valence-electron chi connectivity index (χ4n) is 5.64. The number of nitrogens with one attached hydrogen (secondary N) is 1. The summed E-state index contributed by atoms with van der Waals surface area (Å²) in [6, 6.07) is 4.86. The molecule has 1 atom stereocenters. The van der Waals surface area contributed by atoms with Crippen molar-refractivity contribution in [2.45, 2.75) is 71.9 Å². The molecule has 0 spiro atoms. The second-order valence-corrected chi connectivity index (χ2v) is 12.2. The Bertz CT molecular complexity index is 1270. The van der Waals surface area contributed by atoms with Gasteiger partial charge in [-0.3, -0.25) is 29.4 Å². The molecular weight excluding hydrogens is 486 g/mol. The standard InChI is InChI=1S/C28H39N5O5/c1-27(2,3)18-28(4,5)38-24(35)10-11-31-12-14-32(15-13-31)20-6-7-21-19(16-20)17-29-33(26(21)37)22-8-9-23(34)30-25(22)36/h6-7,16-17,22H,8-15,18H2,1-5H3,(H,30,34,36). The summed E-state index contributed by atoms with van der Waals surface area (Å²) in [4.78, 5) is 53.7. The highest BCUT2D eigenvalue weighted by atomic mass is 16.6. The van der Waals surface area contributed by atoms with E-state index in [9.17, 15) is 19.2 Å². The number of fused-ring (bicyclic) bond motifs is 1. The van der Waals surface area contributed by atoms with Gasteiger partial charge in [0.25, 0.3) is 11.5 Å². The second kappa shape index (κ2) is 10.8. The lowest BCUT2D eigenvalue weighted by atomic mass is 9.83. The van der Waals surface area contributed by atoms with Gasteiger partial charge in [0.2, 0.25) is 5.91 Å². The van der Waals surface area contributed by atoms with Gasteiger partial charge < -0.3 is 9.64 Å². The molecule has 2 fully saturated rings. The molecule has 1 aromatic heterocycles. The minimum Gasteiger partial charge on any atom is -0.460 e. The third kappa shape index (κ3) is 6.78. The number of benzene rings is 1. The molecule has 4 rings (SSSR count). The summed E-state index contributed by atoms with van der Waals surface area (Å²) in [6.45, 7) is 14.3. The molecule has 2 aromatic rings. The number of carbonyl (C=O) groups is 3. The summed E-state index contributed by atoms with van der Waals surface area (Å²) in [5.74, 6) is -0.983. The molecule has 3 heterocycles. The molecule has 1 unspecified atom stereocenters. The van der Waals surface area contributed by atoms with Crippen molar-refractivity contribution < 1.29 is 19.1 Å². The van der Waals surface area contributed by atoms with Crippen LogP contribution in [0.25, 0.3) is 10.8 Å². The van der Waals surface area contributed by atoms with E-state index in [4.69, 9.17) is 4.74 Å². The van der Waals surface area contributed by atoms with E-state index in [0.29, 0.717) is 23.7 Å². The molecule has 0 radical (unpaired) electrons. The van der Waals surface area contributed by atoms with Gasteiger partial charge in [0.1, 0.15) is 11.6 Å². The molecular formula is C28H39N5O5. The summed E-state index contributed by atoms with van der Waals surface area (Å²) < 4.78 is 6.94. The van der Waals surface area contributed by atoms with Crippen LogP contribution < -0.4 is 15.8 Å². The fraction of sp³-hybridized carbons (Fsp3) is 0.607. The fourth-order valence-corrected chi connectivity index (χ4v) is 5.64. The van der Waals surface area contributed by atoms with Gasteiger partial charge in [0, 0.05) is 50.2 Å². The van der Waals surface area contributed by atoms with E-state index in [-0.39, 0.29) is 35.7 Å². The molecule has 1 N–H and O–H groups in total. The molecule has 38 heavy (non-hydrogen) atoms. The number of imide groups is 1. The summed E-state index contributed by atoms with van der Waals surface area (Å²) in [5.41, 5.74) is 0.263. The van der Waals surface area contributed by atoms with E-state index >= 15 is 0 Å². The SMILES string of the molecule is CC(C)(C)CC(C)(C)OC(=O)CCN1CCN(c2ccc3c(=O)n(C4CCC(=O)NC4=O)ncc3c2)CC1. The molecule has 2 amide bonds. The van der Waals surface area contributed by atoms with Gasteiger partial charge in [0.05, 0.1) is 18.0 Å². The van der Waals surface area contributed by atoms with Crippen molar-refractivity contribution in [2.24, 2.45) is 5.41 Å². The molecule has 206 valence electrons. The van der Waals surface area contributed by atoms with Crippen molar-refractivity contribution in [1.29, 1.82) is 0 Å². The average Bonchev–Trinajstić information content (AvgIpc) is 2.82. The van der Waals surface area contributed by atoms with Crippen LogP contribution >= 0.6 is 0 Å². The zero-order valence-corrected chi connectivity index (χ0v) is 23.1. The van der Waals surface area contributed by atoms with E-state index < -0.39 is 17.6 Å². The van der Waals surface area contributed by atoms with Gasteiger partial charge in [-0.2, -0.15) is 5.10 Å². The van der Waals surface area contributed by atoms with Crippen LogP contribution in [0.5, 0.6) is 0 Å². The number of aromatic nitrogens is 2. The first kappa shape index (κ1) is 27.8. The quantitative estimate of drug-likeness (QED) is 0.434. The number of nitrogens with zero attached hydrogens (tertiary/aromatic N) is 4. The van der Waals surface area contributed by atoms with Crippen LogP contribution in [0.1, 0.15) is 66.3 Å². The Hall–Kier alpha value is -3.27. The van der Waals surface area contributed by atoms with E-state index in [1.807, 2.05) is 26.0 Å². The minimum atomic E-state index is -0.779. The van der Waals surface area contributed by atoms with Crippen LogP contribution in [0.15, 0.2) is 29.2 Å². The Morgan fingerprint density at radius 1 is 1.08 bits per heavy atom. The number of piperazine rings is 1. The highest BCUT2D eigenvalue weighted by Gasteiger charge is 2.31. The predicted octanol–water partition coefficient (Wildman–Crippen LogP) is 2.64. The van der Waals surface area contributed by atoms with Crippen LogP contribution in [0.4, 0.5) is 5.69 Å². The van der Waals surface area contributed by atoms with Crippen molar-refractivity contribution in [3.05, 3.63) is 34.7 Å². The number of ether oxygens (including phenoxy) is 1. The van der Waals surface area contributed by atoms with Crippen LogP contribution in [-0.2, 0) is 19.1 Å². The Kier molecular flexibility index (Phi) is 7.92. The van der Waals surface area contributed by atoms with Gasteiger partial charge in [-0.25, -0.2) is 4.68 Å². The lowest BCUT2D eigenvalue weighted by Crippen LogP contribution is -2.47. The largest absolute Gasteiger partial charge is 0.460 e. The first-order chi connectivity index (χ1) is 17.8. The number of esters is 1. The van der Waals surface area contributed by atoms with Gasteiger partial charge in [-0.15, -0.1) is 0 Å². The van der Waals surface area contributed by atoms with Crippen molar-refractivity contribution in [3.8, 4) is 0 Å². The molecule has 0 aliphatic carbocycles. The Balaban J connectivity index is 1.33. The van der Waals surface area contributed by atoms with Crippen LogP contribution in [0.2, 0.25) is 0 Å². The highest BCUT2D eigenvalue weighted by Crippen LogP contribution is 2.30. The summed E-state index contributed by atoms with van der Waals surface area (Å²) in [5, 5.41) is 7.72. The maximum atomic E-state index is 13.0. The number of piperidine rings is 1. The average molecular weight is 526 g/mol. The number of hydrogen-bond acceptors (Lipinski definition) is 8. The summed E-state index contributed by atoms with van der Waals surface area (Å²) in [7, 11) is 0. The highest BCUT2D eigenvalue weighted by molar-refractivity contribution is 5.99. The van der Waals surface area contributed by atoms with Gasteiger partial charge in [-0.05, 0) is 50.3 Å². The van der Waals surface area contributed by atoms with E-state index in [1.165, 1.54) is 4.68 Å². The van der Waals surface area contributed by atoms with Gasteiger partial charge in [-0.1, -0.05) is 20.8 Å². The maximum absolute atomic E-state index is 13.0. The molecule has 2 aliphatic heterocycles. The number of rotatable bonds is 7. The minimum absolute atomic E-state index is 0.0862. The molecule has 0 saturated carbocycles. The van der Waals surface area contributed by atoms with Gasteiger partial charge in [0.15, 0.2) is 0 Å². The van der Waals surface area contributed by atoms with E-state index in [0.717, 1.165) is 38.3 Å². The maximum Gasteiger partial charge on any atom is 0.307 e. The van der Waals surface area contributed by atoms with Crippen molar-refractivity contribution in [3.63, 3.8) is 0 Å². The van der Waals surface area contributed by atoms with Gasteiger partial charge >= 0.3 is 5.97 Å². The predicted molar refractivity (Wildman–Crippen MR) is 145 cm³/mol.